The lowest BCUT2D eigenvalue weighted by molar-refractivity contribution is -0.139. The Balaban J connectivity index is 0.000000335. The summed E-state index contributed by atoms with van der Waals surface area (Å²) in [4.78, 5) is 22.6. The fraction of sp³-hybridized carbons (Fsp3) is 0.333. The molecule has 2 rings (SSSR count). The lowest BCUT2D eigenvalue weighted by Crippen LogP contribution is -2.14. The predicted octanol–water partition coefficient (Wildman–Crippen LogP) is 5.48. The molecule has 0 aliphatic carbocycles. The Morgan fingerprint density at radius 2 is 1.36 bits per heavy atom. The lowest BCUT2D eigenvalue weighted by atomic mass is 10.1. The Labute approximate surface area is 184 Å². The van der Waals surface area contributed by atoms with Crippen LogP contribution in [0.25, 0.3) is 0 Å². The molecule has 6 nitrogen and oxygen atoms in total. The van der Waals surface area contributed by atoms with Crippen molar-refractivity contribution in [1.29, 1.82) is 0 Å². The zero-order valence-corrected chi connectivity index (χ0v) is 17.6. The van der Waals surface area contributed by atoms with Crippen molar-refractivity contribution in [2.75, 3.05) is 20.3 Å². The first-order valence-corrected chi connectivity index (χ1v) is 9.26. The van der Waals surface area contributed by atoms with E-state index in [1.807, 2.05) is 0 Å². The van der Waals surface area contributed by atoms with E-state index in [4.69, 9.17) is 0 Å². The number of hydrogen-bond acceptors (Lipinski definition) is 6. The maximum Gasteiger partial charge on any atom is 0.420 e. The fourth-order valence-corrected chi connectivity index (χ4v) is 2.43. The molecular formula is C21H20F6O6. The van der Waals surface area contributed by atoms with Crippen molar-refractivity contribution >= 4 is 11.9 Å². The molecule has 0 aliphatic heterocycles. The highest BCUT2D eigenvalue weighted by molar-refractivity contribution is 5.91. The summed E-state index contributed by atoms with van der Waals surface area (Å²) < 4.78 is 88.9. The standard InChI is InChI=1S/C11H11F3O4.C10H9F3O2/c1-3-18-10(16)6-4-7(11(12,13)14)9(15)8(5-6)17-2;1-2-15-9(14)7-5-3-4-6-8(7)10(11,12)13/h4-5,15H,3H2,1-2H3;3-6H,2H2,1H3. The summed E-state index contributed by atoms with van der Waals surface area (Å²) in [6, 6.07) is 6.05. The van der Waals surface area contributed by atoms with Gasteiger partial charge >= 0.3 is 24.3 Å². The molecule has 0 saturated carbocycles. The largest absolute Gasteiger partial charge is 0.504 e. The molecule has 0 fully saturated rings. The highest BCUT2D eigenvalue weighted by Crippen LogP contribution is 2.41. The van der Waals surface area contributed by atoms with Crippen LogP contribution < -0.4 is 4.74 Å². The molecule has 0 aliphatic rings. The van der Waals surface area contributed by atoms with E-state index in [1.54, 1.807) is 0 Å². The molecule has 0 atom stereocenters. The van der Waals surface area contributed by atoms with Crippen molar-refractivity contribution in [3.8, 4) is 11.5 Å². The highest BCUT2D eigenvalue weighted by Gasteiger charge is 2.37. The molecule has 1 N–H and O–H groups in total. The third-order valence-corrected chi connectivity index (χ3v) is 3.84. The maximum atomic E-state index is 12.6. The van der Waals surface area contributed by atoms with Crippen molar-refractivity contribution in [2.24, 2.45) is 0 Å². The number of halogens is 6. The van der Waals surface area contributed by atoms with Crippen molar-refractivity contribution in [1.82, 2.24) is 0 Å². The number of carbonyl (C=O) groups is 2. The number of benzene rings is 2. The van der Waals surface area contributed by atoms with Crippen LogP contribution in [0.15, 0.2) is 36.4 Å². The number of aromatic hydroxyl groups is 1. The maximum absolute atomic E-state index is 12.6. The van der Waals surface area contributed by atoms with Crippen molar-refractivity contribution < 1.29 is 55.2 Å². The first-order chi connectivity index (χ1) is 15.3. The van der Waals surface area contributed by atoms with Gasteiger partial charge in [-0.25, -0.2) is 9.59 Å². The normalized spacial score (nSPS) is 11.2. The van der Waals surface area contributed by atoms with Gasteiger partial charge in [-0.3, -0.25) is 0 Å². The second kappa shape index (κ2) is 11.4. The quantitative estimate of drug-likeness (QED) is 0.449. The van der Waals surface area contributed by atoms with Crippen LogP contribution in [0.3, 0.4) is 0 Å². The molecule has 0 heterocycles. The number of rotatable bonds is 5. The third-order valence-electron chi connectivity index (χ3n) is 3.84. The third kappa shape index (κ3) is 7.58. The molecule has 2 aromatic rings. The molecule has 182 valence electrons. The zero-order valence-electron chi connectivity index (χ0n) is 17.6. The molecule has 2 aromatic carbocycles. The van der Waals surface area contributed by atoms with Crippen LogP contribution in [0.4, 0.5) is 26.3 Å². The molecule has 33 heavy (non-hydrogen) atoms. The summed E-state index contributed by atoms with van der Waals surface area (Å²) >= 11 is 0. The lowest BCUT2D eigenvalue weighted by Gasteiger charge is -2.13. The van der Waals surface area contributed by atoms with Crippen LogP contribution in [0.1, 0.15) is 45.7 Å². The molecule has 0 amide bonds. The molecule has 0 bridgehead atoms. The summed E-state index contributed by atoms with van der Waals surface area (Å²) in [5.41, 5.74) is -3.10. The van der Waals surface area contributed by atoms with Gasteiger partial charge in [0.15, 0.2) is 11.5 Å². The summed E-state index contributed by atoms with van der Waals surface area (Å²) in [5.74, 6) is -3.36. The number of methoxy groups -OCH3 is 1. The Kier molecular flexibility index (Phi) is 9.56. The highest BCUT2D eigenvalue weighted by atomic mass is 19.4. The van der Waals surface area contributed by atoms with Crippen molar-refractivity contribution in [2.45, 2.75) is 26.2 Å². The van der Waals surface area contributed by atoms with E-state index in [2.05, 4.69) is 14.2 Å². The van der Waals surface area contributed by atoms with Gasteiger partial charge in [0.25, 0.3) is 0 Å². The summed E-state index contributed by atoms with van der Waals surface area (Å²) in [6.45, 7) is 3.14. The molecule has 0 aromatic heterocycles. The number of hydrogen-bond donors (Lipinski definition) is 1. The van der Waals surface area contributed by atoms with Crippen LogP contribution >= 0.6 is 0 Å². The van der Waals surface area contributed by atoms with E-state index in [0.717, 1.165) is 25.3 Å². The minimum atomic E-state index is -4.79. The average Bonchev–Trinajstić information content (AvgIpc) is 2.73. The number of esters is 2. The summed E-state index contributed by atoms with van der Waals surface area (Å²) in [6.07, 6.45) is -9.33. The van der Waals surface area contributed by atoms with E-state index in [-0.39, 0.29) is 18.8 Å². The molecule has 12 heteroatoms. The molecule has 0 radical (unpaired) electrons. The molecular weight excluding hydrogens is 462 g/mol. The first-order valence-electron chi connectivity index (χ1n) is 9.26. The second-order valence-electron chi connectivity index (χ2n) is 6.06. The van der Waals surface area contributed by atoms with E-state index in [0.29, 0.717) is 6.07 Å². The van der Waals surface area contributed by atoms with Gasteiger partial charge in [0.1, 0.15) is 5.56 Å². The molecule has 0 saturated heterocycles. The minimum absolute atomic E-state index is 0.0311. The van der Waals surface area contributed by atoms with Crippen LogP contribution in [-0.4, -0.2) is 37.4 Å². The zero-order chi connectivity index (χ0) is 25.4. The minimum Gasteiger partial charge on any atom is -0.504 e. The van der Waals surface area contributed by atoms with Gasteiger partial charge in [0.05, 0.1) is 37.0 Å². The van der Waals surface area contributed by atoms with Crippen molar-refractivity contribution in [3.05, 3.63) is 58.7 Å². The number of ether oxygens (including phenoxy) is 3. The van der Waals surface area contributed by atoms with Crippen molar-refractivity contribution in [3.63, 3.8) is 0 Å². The smallest absolute Gasteiger partial charge is 0.420 e. The van der Waals surface area contributed by atoms with E-state index in [1.165, 1.54) is 26.0 Å². The Bertz CT molecular complexity index is 969. The van der Waals surface area contributed by atoms with Gasteiger partial charge in [-0.05, 0) is 38.1 Å². The number of phenolic OH excluding ortho intramolecular Hbond substituents is 1. The van der Waals surface area contributed by atoms with Gasteiger partial charge in [0.2, 0.25) is 0 Å². The SMILES string of the molecule is CCOC(=O)c1cc(OC)c(O)c(C(F)(F)F)c1.CCOC(=O)c1ccccc1C(F)(F)F. The van der Waals surface area contributed by atoms with E-state index < -0.39 is 52.5 Å². The topological polar surface area (TPSA) is 82.1 Å². The van der Waals surface area contributed by atoms with E-state index >= 15 is 0 Å². The van der Waals surface area contributed by atoms with Gasteiger partial charge in [0, 0.05) is 0 Å². The van der Waals surface area contributed by atoms with Gasteiger partial charge in [-0.2, -0.15) is 26.3 Å². The van der Waals surface area contributed by atoms with Gasteiger partial charge < -0.3 is 19.3 Å². The van der Waals surface area contributed by atoms with Crippen LogP contribution in [0, 0.1) is 0 Å². The Morgan fingerprint density at radius 1 is 0.848 bits per heavy atom. The first kappa shape index (κ1) is 27.6. The average molecular weight is 482 g/mol. The summed E-state index contributed by atoms with van der Waals surface area (Å²) in [5, 5.41) is 9.36. The second-order valence-corrected chi connectivity index (χ2v) is 6.06. The molecule has 0 spiro atoms. The van der Waals surface area contributed by atoms with Crippen LogP contribution in [-0.2, 0) is 21.8 Å². The van der Waals surface area contributed by atoms with Crippen LogP contribution in [0.5, 0.6) is 11.5 Å². The Morgan fingerprint density at radius 3 is 1.85 bits per heavy atom. The monoisotopic (exact) mass is 482 g/mol. The van der Waals surface area contributed by atoms with Crippen LogP contribution in [0.2, 0.25) is 0 Å². The number of phenols is 1. The Hall–Kier alpha value is -3.44. The number of alkyl halides is 6. The van der Waals surface area contributed by atoms with Gasteiger partial charge in [-0.1, -0.05) is 12.1 Å². The number of carbonyl (C=O) groups excluding carboxylic acids is 2. The predicted molar refractivity (Wildman–Crippen MR) is 103 cm³/mol. The van der Waals surface area contributed by atoms with Gasteiger partial charge in [-0.15, -0.1) is 0 Å². The molecule has 0 unspecified atom stereocenters. The van der Waals surface area contributed by atoms with E-state index in [9.17, 15) is 41.0 Å². The summed E-state index contributed by atoms with van der Waals surface area (Å²) in [7, 11) is 1.09. The fourth-order valence-electron chi connectivity index (χ4n) is 2.43.